The minimum absolute atomic E-state index is 0.303. The molecule has 3 aromatic carbocycles. The van der Waals surface area contributed by atoms with E-state index in [0.717, 1.165) is 59.4 Å². The minimum atomic E-state index is -0.351. The first kappa shape index (κ1) is 27.5. The number of esters is 1. The molecule has 6 heteroatoms. The summed E-state index contributed by atoms with van der Waals surface area (Å²) < 4.78 is 21.2. The van der Waals surface area contributed by atoms with E-state index in [0.29, 0.717) is 38.3 Å². The largest absolute Gasteiger partial charge is 0.496 e. The van der Waals surface area contributed by atoms with Gasteiger partial charge in [0, 0.05) is 12.0 Å². The van der Waals surface area contributed by atoms with Crippen molar-refractivity contribution < 1.29 is 28.5 Å². The Morgan fingerprint density at radius 2 is 1.54 bits per heavy atom. The zero-order valence-corrected chi connectivity index (χ0v) is 21.3. The van der Waals surface area contributed by atoms with Gasteiger partial charge in [-0.2, -0.15) is 0 Å². The molecule has 0 bridgehead atoms. The van der Waals surface area contributed by atoms with Gasteiger partial charge in [0.15, 0.2) is 0 Å². The van der Waals surface area contributed by atoms with E-state index < -0.39 is 0 Å². The number of hydrogen-bond acceptors (Lipinski definition) is 6. The van der Waals surface area contributed by atoms with Crippen LogP contribution < -0.4 is 9.47 Å². The summed E-state index contributed by atoms with van der Waals surface area (Å²) in [7, 11) is 1.65. The van der Waals surface area contributed by atoms with Gasteiger partial charge in [-0.3, -0.25) is 4.79 Å². The van der Waals surface area contributed by atoms with Crippen molar-refractivity contribution in [3.8, 4) is 22.6 Å². The number of benzene rings is 3. The van der Waals surface area contributed by atoms with Crippen LogP contribution in [0.3, 0.4) is 0 Å². The highest BCUT2D eigenvalue weighted by Crippen LogP contribution is 2.27. The van der Waals surface area contributed by atoms with Gasteiger partial charge in [-0.1, -0.05) is 43.0 Å². The summed E-state index contributed by atoms with van der Waals surface area (Å²) in [4.78, 5) is 22.5. The number of methoxy groups -OCH3 is 1. The first-order valence-corrected chi connectivity index (χ1v) is 12.5. The summed E-state index contributed by atoms with van der Waals surface area (Å²) in [6.45, 7) is 5.70. The molecule has 0 aliphatic carbocycles. The Balaban J connectivity index is 1.39. The third-order valence-electron chi connectivity index (χ3n) is 5.94. The normalized spacial score (nSPS) is 10.4. The summed E-state index contributed by atoms with van der Waals surface area (Å²) >= 11 is 0. The fraction of sp³-hybridized carbons (Fsp3) is 0.290. The molecule has 0 unspecified atom stereocenters. The lowest BCUT2D eigenvalue weighted by molar-refractivity contribution is -0.128. The summed E-state index contributed by atoms with van der Waals surface area (Å²) in [5.74, 6) is 1.17. The molecule has 0 N–H and O–H groups in total. The number of carbonyl (C=O) groups is 2. The second kappa shape index (κ2) is 15.1. The van der Waals surface area contributed by atoms with E-state index in [1.165, 1.54) is 0 Å². The van der Waals surface area contributed by atoms with Gasteiger partial charge < -0.3 is 18.9 Å². The van der Waals surface area contributed by atoms with Crippen LogP contribution in [0.1, 0.15) is 47.2 Å². The first-order valence-electron chi connectivity index (χ1n) is 12.5. The molecule has 0 aromatic heterocycles. The number of rotatable bonds is 16. The van der Waals surface area contributed by atoms with Crippen molar-refractivity contribution in [3.63, 3.8) is 0 Å². The summed E-state index contributed by atoms with van der Waals surface area (Å²) in [5.41, 5.74) is 4.72. The first-order chi connectivity index (χ1) is 18.1. The molecule has 0 radical (unpaired) electrons. The highest BCUT2D eigenvalue weighted by molar-refractivity contribution is 5.89. The monoisotopic (exact) mass is 502 g/mol. The smallest absolute Gasteiger partial charge is 0.338 e. The lowest BCUT2D eigenvalue weighted by Crippen LogP contribution is -2.08. The second-order valence-corrected chi connectivity index (χ2v) is 8.50. The van der Waals surface area contributed by atoms with Crippen LogP contribution in [0.5, 0.6) is 11.5 Å². The summed E-state index contributed by atoms with van der Waals surface area (Å²) in [6, 6.07) is 21.2. The summed E-state index contributed by atoms with van der Waals surface area (Å²) in [5, 5.41) is 0. The Bertz CT molecular complexity index is 1140. The second-order valence-electron chi connectivity index (χ2n) is 8.50. The van der Waals surface area contributed by atoms with Crippen molar-refractivity contribution in [2.45, 2.75) is 32.1 Å². The standard InChI is InChI=1S/C31H34O6/c1-3-25-22-28(14-17-30(25)34-2)26-10-8-24(9-11-26)18-21-37-31(33)27-12-15-29(16-13-27)36-20-7-5-4-6-19-35-23-32/h3,8-17,22-23H,1,4-7,18-21H2,2H3. The van der Waals surface area contributed by atoms with Crippen molar-refractivity contribution in [3.05, 3.63) is 90.0 Å². The van der Waals surface area contributed by atoms with Crippen LogP contribution in [-0.2, 0) is 20.7 Å². The average molecular weight is 503 g/mol. The lowest BCUT2D eigenvalue weighted by Gasteiger charge is -2.10. The van der Waals surface area contributed by atoms with Crippen LogP contribution in [0.25, 0.3) is 17.2 Å². The maximum Gasteiger partial charge on any atom is 0.338 e. The molecular formula is C31H34O6. The van der Waals surface area contributed by atoms with Crippen molar-refractivity contribution in [2.75, 3.05) is 26.9 Å². The zero-order valence-electron chi connectivity index (χ0n) is 21.3. The van der Waals surface area contributed by atoms with Crippen molar-refractivity contribution >= 4 is 18.5 Å². The lowest BCUT2D eigenvalue weighted by atomic mass is 10.0. The van der Waals surface area contributed by atoms with Gasteiger partial charge in [0.25, 0.3) is 6.47 Å². The average Bonchev–Trinajstić information content (AvgIpc) is 2.94. The molecule has 0 heterocycles. The quantitative estimate of drug-likeness (QED) is 0.126. The van der Waals surface area contributed by atoms with Crippen molar-refractivity contribution in [2.24, 2.45) is 0 Å². The van der Waals surface area contributed by atoms with Gasteiger partial charge >= 0.3 is 5.97 Å². The Morgan fingerprint density at radius 1 is 0.838 bits per heavy atom. The highest BCUT2D eigenvalue weighted by atomic mass is 16.5. The maximum absolute atomic E-state index is 12.4. The van der Waals surface area contributed by atoms with Crippen molar-refractivity contribution in [1.82, 2.24) is 0 Å². The molecule has 0 saturated heterocycles. The molecule has 0 spiro atoms. The van der Waals surface area contributed by atoms with E-state index in [1.54, 1.807) is 37.5 Å². The van der Waals surface area contributed by atoms with Crippen LogP contribution in [-0.4, -0.2) is 39.4 Å². The third-order valence-corrected chi connectivity index (χ3v) is 5.94. The zero-order chi connectivity index (χ0) is 26.3. The van der Waals surface area contributed by atoms with Gasteiger partial charge in [-0.15, -0.1) is 0 Å². The predicted molar refractivity (Wildman–Crippen MR) is 145 cm³/mol. The Kier molecular flexibility index (Phi) is 11.3. The molecule has 3 rings (SSSR count). The predicted octanol–water partition coefficient (Wildman–Crippen LogP) is 6.52. The highest BCUT2D eigenvalue weighted by Gasteiger charge is 2.08. The van der Waals surface area contributed by atoms with Crippen LogP contribution in [0.2, 0.25) is 0 Å². The fourth-order valence-electron chi connectivity index (χ4n) is 3.85. The van der Waals surface area contributed by atoms with Crippen molar-refractivity contribution in [1.29, 1.82) is 0 Å². The Morgan fingerprint density at radius 3 is 2.22 bits per heavy atom. The van der Waals surface area contributed by atoms with Gasteiger partial charge in [0.1, 0.15) is 11.5 Å². The third kappa shape index (κ3) is 8.83. The number of ether oxygens (including phenoxy) is 4. The SMILES string of the molecule is C=Cc1cc(-c2ccc(CCOC(=O)c3ccc(OCCCCCCOC=O)cc3)cc2)ccc1OC. The Hall–Kier alpha value is -4.06. The molecule has 3 aromatic rings. The molecule has 0 amide bonds. The number of carbonyl (C=O) groups excluding carboxylic acids is 2. The van der Waals surface area contributed by atoms with Crippen LogP contribution in [0.4, 0.5) is 0 Å². The Labute approximate surface area is 218 Å². The molecule has 0 atom stereocenters. The van der Waals surface area contributed by atoms with E-state index in [2.05, 4.69) is 29.5 Å². The minimum Gasteiger partial charge on any atom is -0.496 e. The fourth-order valence-corrected chi connectivity index (χ4v) is 3.85. The number of hydrogen-bond donors (Lipinski definition) is 0. The topological polar surface area (TPSA) is 71.1 Å². The van der Waals surface area contributed by atoms with Crippen LogP contribution >= 0.6 is 0 Å². The van der Waals surface area contributed by atoms with Crippen LogP contribution in [0, 0.1) is 0 Å². The number of unbranched alkanes of at least 4 members (excludes halogenated alkanes) is 3. The van der Waals surface area contributed by atoms with Gasteiger partial charge in [0.2, 0.25) is 0 Å². The molecule has 194 valence electrons. The van der Waals surface area contributed by atoms with Gasteiger partial charge in [0.05, 0.1) is 32.5 Å². The van der Waals surface area contributed by atoms with Crippen LogP contribution in [0.15, 0.2) is 73.3 Å². The van der Waals surface area contributed by atoms with E-state index in [9.17, 15) is 9.59 Å². The maximum atomic E-state index is 12.4. The molecule has 0 saturated carbocycles. The molecular weight excluding hydrogens is 468 g/mol. The molecule has 0 aliphatic rings. The molecule has 6 nitrogen and oxygen atoms in total. The molecule has 37 heavy (non-hydrogen) atoms. The van der Waals surface area contributed by atoms with E-state index in [1.807, 2.05) is 24.3 Å². The van der Waals surface area contributed by atoms with Gasteiger partial charge in [-0.05, 0) is 78.8 Å². The van der Waals surface area contributed by atoms with E-state index >= 15 is 0 Å². The van der Waals surface area contributed by atoms with Gasteiger partial charge in [-0.25, -0.2) is 4.79 Å². The van der Waals surface area contributed by atoms with E-state index in [-0.39, 0.29) is 5.97 Å². The summed E-state index contributed by atoms with van der Waals surface area (Å²) in [6.07, 6.45) is 6.20. The molecule has 0 aliphatic heterocycles. The van der Waals surface area contributed by atoms with E-state index in [4.69, 9.17) is 14.2 Å². The molecule has 0 fully saturated rings.